The zero-order valence-electron chi connectivity index (χ0n) is 15.5. The molecule has 0 saturated heterocycles. The summed E-state index contributed by atoms with van der Waals surface area (Å²) in [6.07, 6.45) is 2.26. The van der Waals surface area contributed by atoms with Crippen molar-refractivity contribution in [2.75, 3.05) is 0 Å². The van der Waals surface area contributed by atoms with E-state index in [4.69, 9.17) is 21.4 Å². The summed E-state index contributed by atoms with van der Waals surface area (Å²) in [6.45, 7) is 4.16. The topological polar surface area (TPSA) is 59.4 Å². The van der Waals surface area contributed by atoms with E-state index >= 15 is 0 Å². The standard InChI is InChI=1S/C21H19ClFNO3S/c1-12-13(2)19(7-3-14(12)4-8-20(25)26)27-11-15-10-24-28-21(15)17-6-5-16(22)9-18(17)23/h3,5-7,9-10H,4,8,11H2,1-2H3,(H,25,26). The number of benzene rings is 2. The van der Waals surface area contributed by atoms with Crippen molar-refractivity contribution in [3.63, 3.8) is 0 Å². The predicted molar refractivity (Wildman–Crippen MR) is 109 cm³/mol. The molecule has 0 aliphatic rings. The quantitative estimate of drug-likeness (QED) is 0.524. The molecular weight excluding hydrogens is 401 g/mol. The van der Waals surface area contributed by atoms with Crippen LogP contribution in [0.25, 0.3) is 10.4 Å². The average molecular weight is 420 g/mol. The molecule has 0 bridgehead atoms. The first kappa shape index (κ1) is 20.3. The molecular formula is C21H19ClFNO3S. The Balaban J connectivity index is 1.78. The Labute approximate surface area is 171 Å². The van der Waals surface area contributed by atoms with Crippen molar-refractivity contribution in [3.8, 4) is 16.2 Å². The monoisotopic (exact) mass is 419 g/mol. The van der Waals surface area contributed by atoms with E-state index in [0.717, 1.165) is 22.3 Å². The molecule has 146 valence electrons. The predicted octanol–water partition coefficient (Wildman–Crippen LogP) is 5.82. The van der Waals surface area contributed by atoms with Gasteiger partial charge in [-0.1, -0.05) is 17.7 Å². The van der Waals surface area contributed by atoms with E-state index in [9.17, 15) is 9.18 Å². The maximum Gasteiger partial charge on any atom is 0.303 e. The van der Waals surface area contributed by atoms with Crippen molar-refractivity contribution in [3.05, 3.63) is 69.6 Å². The van der Waals surface area contributed by atoms with Crippen molar-refractivity contribution >= 4 is 29.1 Å². The number of rotatable bonds is 7. The van der Waals surface area contributed by atoms with Crippen LogP contribution in [-0.2, 0) is 17.8 Å². The lowest BCUT2D eigenvalue weighted by Crippen LogP contribution is -2.03. The van der Waals surface area contributed by atoms with Gasteiger partial charge < -0.3 is 9.84 Å². The van der Waals surface area contributed by atoms with Crippen molar-refractivity contribution in [1.29, 1.82) is 0 Å². The first-order chi connectivity index (χ1) is 13.4. The molecule has 0 spiro atoms. The molecule has 28 heavy (non-hydrogen) atoms. The van der Waals surface area contributed by atoms with Gasteiger partial charge in [0.05, 0.1) is 4.88 Å². The number of aliphatic carboxylic acids is 1. The van der Waals surface area contributed by atoms with Gasteiger partial charge >= 0.3 is 5.97 Å². The number of ether oxygens (including phenoxy) is 1. The van der Waals surface area contributed by atoms with Gasteiger partial charge in [0.15, 0.2) is 0 Å². The summed E-state index contributed by atoms with van der Waals surface area (Å²) >= 11 is 7.04. The van der Waals surface area contributed by atoms with Crippen LogP contribution in [0.2, 0.25) is 5.02 Å². The van der Waals surface area contributed by atoms with E-state index in [2.05, 4.69) is 4.37 Å². The lowest BCUT2D eigenvalue weighted by molar-refractivity contribution is -0.136. The number of carboxylic acids is 1. The highest BCUT2D eigenvalue weighted by Gasteiger charge is 2.15. The molecule has 2 aromatic carbocycles. The smallest absolute Gasteiger partial charge is 0.303 e. The van der Waals surface area contributed by atoms with Crippen LogP contribution in [-0.4, -0.2) is 15.4 Å². The fourth-order valence-electron chi connectivity index (χ4n) is 2.93. The van der Waals surface area contributed by atoms with Gasteiger partial charge in [0, 0.05) is 28.8 Å². The van der Waals surface area contributed by atoms with E-state index in [-0.39, 0.29) is 13.0 Å². The van der Waals surface area contributed by atoms with Crippen LogP contribution in [0.3, 0.4) is 0 Å². The van der Waals surface area contributed by atoms with Crippen LogP contribution >= 0.6 is 23.1 Å². The third-order valence-electron chi connectivity index (χ3n) is 4.66. The Morgan fingerprint density at radius 1 is 1.21 bits per heavy atom. The van der Waals surface area contributed by atoms with Gasteiger partial charge in [-0.25, -0.2) is 8.76 Å². The normalized spacial score (nSPS) is 10.9. The summed E-state index contributed by atoms with van der Waals surface area (Å²) in [5.41, 5.74) is 4.21. The lowest BCUT2D eigenvalue weighted by Gasteiger charge is -2.14. The van der Waals surface area contributed by atoms with Crippen molar-refractivity contribution < 1.29 is 19.0 Å². The second-order valence-electron chi connectivity index (χ2n) is 6.46. The summed E-state index contributed by atoms with van der Waals surface area (Å²) in [4.78, 5) is 11.5. The minimum atomic E-state index is -0.815. The average Bonchev–Trinajstić information content (AvgIpc) is 3.10. The summed E-state index contributed by atoms with van der Waals surface area (Å²) < 4.78 is 24.4. The van der Waals surface area contributed by atoms with Gasteiger partial charge in [-0.15, -0.1) is 0 Å². The fourth-order valence-corrected chi connectivity index (χ4v) is 3.87. The van der Waals surface area contributed by atoms with Crippen molar-refractivity contribution in [1.82, 2.24) is 4.37 Å². The van der Waals surface area contributed by atoms with E-state index in [1.807, 2.05) is 26.0 Å². The molecule has 0 fully saturated rings. The number of hydrogen-bond acceptors (Lipinski definition) is 4. The molecule has 3 rings (SSSR count). The third kappa shape index (κ3) is 4.51. The zero-order valence-corrected chi connectivity index (χ0v) is 17.0. The number of nitrogens with zero attached hydrogens (tertiary/aromatic N) is 1. The van der Waals surface area contributed by atoms with Gasteiger partial charge in [-0.2, -0.15) is 0 Å². The summed E-state index contributed by atoms with van der Waals surface area (Å²) in [7, 11) is 0. The largest absolute Gasteiger partial charge is 0.489 e. The molecule has 0 radical (unpaired) electrons. The number of aromatic nitrogens is 1. The minimum Gasteiger partial charge on any atom is -0.489 e. The van der Waals surface area contributed by atoms with Gasteiger partial charge in [0.2, 0.25) is 0 Å². The maximum absolute atomic E-state index is 14.3. The zero-order chi connectivity index (χ0) is 20.3. The van der Waals surface area contributed by atoms with Crippen LogP contribution in [0.4, 0.5) is 4.39 Å². The van der Waals surface area contributed by atoms with Crippen LogP contribution in [0, 0.1) is 19.7 Å². The van der Waals surface area contributed by atoms with Gasteiger partial charge in [0.1, 0.15) is 18.2 Å². The molecule has 0 amide bonds. The first-order valence-electron chi connectivity index (χ1n) is 8.69. The Bertz CT molecular complexity index is 1020. The first-order valence-corrected chi connectivity index (χ1v) is 9.84. The highest BCUT2D eigenvalue weighted by Crippen LogP contribution is 2.33. The Morgan fingerprint density at radius 3 is 2.71 bits per heavy atom. The molecule has 1 aromatic heterocycles. The van der Waals surface area contributed by atoms with Crippen molar-refractivity contribution in [2.24, 2.45) is 0 Å². The van der Waals surface area contributed by atoms with Crippen LogP contribution in [0.15, 0.2) is 36.5 Å². The molecule has 0 unspecified atom stereocenters. The van der Waals surface area contributed by atoms with Gasteiger partial charge in [0.25, 0.3) is 0 Å². The SMILES string of the molecule is Cc1c(CCC(=O)O)ccc(OCc2cnsc2-c2ccc(Cl)cc2F)c1C. The third-order valence-corrected chi connectivity index (χ3v) is 5.77. The number of halogens is 2. The molecule has 1 heterocycles. The summed E-state index contributed by atoms with van der Waals surface area (Å²) in [5.74, 6) is -0.498. The van der Waals surface area contributed by atoms with E-state index < -0.39 is 11.8 Å². The Hall–Kier alpha value is -2.44. The van der Waals surface area contributed by atoms with E-state index in [0.29, 0.717) is 27.6 Å². The molecule has 0 aliphatic carbocycles. The highest BCUT2D eigenvalue weighted by molar-refractivity contribution is 7.09. The van der Waals surface area contributed by atoms with Crippen LogP contribution in [0.5, 0.6) is 5.75 Å². The van der Waals surface area contributed by atoms with E-state index in [1.165, 1.54) is 17.6 Å². The highest BCUT2D eigenvalue weighted by atomic mass is 35.5. The van der Waals surface area contributed by atoms with Crippen LogP contribution < -0.4 is 4.74 Å². The lowest BCUT2D eigenvalue weighted by atomic mass is 9.99. The number of carbonyl (C=O) groups is 1. The van der Waals surface area contributed by atoms with Crippen molar-refractivity contribution in [2.45, 2.75) is 33.3 Å². The second-order valence-corrected chi connectivity index (χ2v) is 7.70. The Morgan fingerprint density at radius 2 is 2.00 bits per heavy atom. The molecule has 0 atom stereocenters. The molecule has 1 N–H and O–H groups in total. The number of hydrogen-bond donors (Lipinski definition) is 1. The Kier molecular flexibility index (Phi) is 6.31. The molecule has 0 aliphatic heterocycles. The molecule has 3 aromatic rings. The summed E-state index contributed by atoms with van der Waals surface area (Å²) in [6, 6.07) is 8.31. The van der Waals surface area contributed by atoms with Gasteiger partial charge in [-0.05, 0) is 72.8 Å². The molecule has 4 nitrogen and oxygen atoms in total. The second kappa shape index (κ2) is 8.71. The van der Waals surface area contributed by atoms with E-state index in [1.54, 1.807) is 18.3 Å². The summed E-state index contributed by atoms with van der Waals surface area (Å²) in [5, 5.41) is 9.22. The number of aryl methyl sites for hydroxylation is 1. The molecule has 7 heteroatoms. The van der Waals surface area contributed by atoms with Gasteiger partial charge in [-0.3, -0.25) is 4.79 Å². The fraction of sp³-hybridized carbons (Fsp3) is 0.238. The number of carboxylic acid groups (broad SMARTS) is 1. The minimum absolute atomic E-state index is 0.0943. The van der Waals surface area contributed by atoms with Crippen LogP contribution in [0.1, 0.15) is 28.7 Å². The molecule has 0 saturated carbocycles. The maximum atomic E-state index is 14.3.